The van der Waals surface area contributed by atoms with Gasteiger partial charge in [0, 0.05) is 31.0 Å². The van der Waals surface area contributed by atoms with Crippen LogP contribution < -0.4 is 5.32 Å². The van der Waals surface area contributed by atoms with E-state index in [4.69, 9.17) is 0 Å². The standard InChI is InChI=1S/C13H20N4O3.C2H6/c1-11(16(7-5-14-3)9-12(2)18)8-15-6-4-13(10-15)17(19)20;1-2/h4,6,10,14H,1,5,7-9H2,2-3H3;1-2H3. The van der Waals surface area contributed by atoms with E-state index in [0.717, 1.165) is 12.2 Å². The lowest BCUT2D eigenvalue weighted by atomic mass is 10.3. The number of hydrogen-bond donors (Lipinski definition) is 1. The molecule has 0 spiro atoms. The van der Waals surface area contributed by atoms with E-state index in [1.165, 1.54) is 19.2 Å². The normalized spacial score (nSPS) is 9.64. The second-order valence-corrected chi connectivity index (χ2v) is 4.59. The molecule has 7 nitrogen and oxygen atoms in total. The van der Waals surface area contributed by atoms with Crippen molar-refractivity contribution in [2.75, 3.05) is 26.7 Å². The van der Waals surface area contributed by atoms with Crippen LogP contribution in [-0.4, -0.2) is 46.9 Å². The summed E-state index contributed by atoms with van der Waals surface area (Å²) in [6.07, 6.45) is 3.09. The van der Waals surface area contributed by atoms with E-state index < -0.39 is 4.92 Å². The first-order valence-corrected chi connectivity index (χ1v) is 7.31. The lowest BCUT2D eigenvalue weighted by Gasteiger charge is -2.25. The number of Topliss-reactive ketones (excluding diaryl/α,β-unsaturated/α-hetero) is 1. The van der Waals surface area contributed by atoms with Gasteiger partial charge in [0.2, 0.25) is 0 Å². The lowest BCUT2D eigenvalue weighted by Crippen LogP contribution is -2.34. The van der Waals surface area contributed by atoms with Crippen molar-refractivity contribution >= 4 is 11.5 Å². The van der Waals surface area contributed by atoms with Gasteiger partial charge in [-0.1, -0.05) is 20.4 Å². The van der Waals surface area contributed by atoms with Crippen molar-refractivity contribution in [3.8, 4) is 0 Å². The number of hydrogen-bond acceptors (Lipinski definition) is 5. The van der Waals surface area contributed by atoms with Crippen molar-refractivity contribution in [2.45, 2.75) is 27.3 Å². The van der Waals surface area contributed by atoms with Crippen LogP contribution in [0.2, 0.25) is 0 Å². The van der Waals surface area contributed by atoms with Crippen LogP contribution in [0.25, 0.3) is 0 Å². The molecule has 1 heterocycles. The van der Waals surface area contributed by atoms with E-state index in [0.29, 0.717) is 19.6 Å². The number of nitrogens with one attached hydrogen (secondary N) is 1. The van der Waals surface area contributed by atoms with Crippen molar-refractivity contribution in [3.05, 3.63) is 40.9 Å². The number of rotatable bonds is 9. The molecule has 0 unspecified atom stereocenters. The first-order chi connectivity index (χ1) is 10.4. The molecule has 7 heteroatoms. The highest BCUT2D eigenvalue weighted by Gasteiger charge is 2.12. The third-order valence-corrected chi connectivity index (χ3v) is 2.80. The van der Waals surface area contributed by atoms with Crippen LogP contribution >= 0.6 is 0 Å². The zero-order chi connectivity index (χ0) is 17.1. The van der Waals surface area contributed by atoms with Crippen LogP contribution in [0.15, 0.2) is 30.7 Å². The fourth-order valence-corrected chi connectivity index (χ4v) is 1.81. The molecule has 1 aromatic heterocycles. The van der Waals surface area contributed by atoms with Gasteiger partial charge in [-0.2, -0.15) is 0 Å². The fraction of sp³-hybridized carbons (Fsp3) is 0.533. The Morgan fingerprint density at radius 1 is 1.50 bits per heavy atom. The molecule has 0 aliphatic carbocycles. The Balaban J connectivity index is 0.00000211. The highest BCUT2D eigenvalue weighted by molar-refractivity contribution is 5.77. The molecule has 0 aliphatic rings. The number of likely N-dealkylation sites (N-methyl/N-ethyl adjacent to an activating group) is 1. The van der Waals surface area contributed by atoms with Gasteiger partial charge in [-0.25, -0.2) is 0 Å². The lowest BCUT2D eigenvalue weighted by molar-refractivity contribution is -0.384. The summed E-state index contributed by atoms with van der Waals surface area (Å²) >= 11 is 0. The van der Waals surface area contributed by atoms with Crippen LogP contribution in [0.5, 0.6) is 0 Å². The van der Waals surface area contributed by atoms with E-state index in [2.05, 4.69) is 11.9 Å². The van der Waals surface area contributed by atoms with Crippen LogP contribution in [0, 0.1) is 10.1 Å². The average molecular weight is 310 g/mol. The van der Waals surface area contributed by atoms with Gasteiger partial charge in [0.15, 0.2) is 0 Å². The van der Waals surface area contributed by atoms with Crippen molar-refractivity contribution in [2.24, 2.45) is 0 Å². The number of allylic oxidation sites excluding steroid dienone is 1. The summed E-state index contributed by atoms with van der Waals surface area (Å²) in [4.78, 5) is 23.3. The minimum absolute atomic E-state index is 0.0474. The van der Waals surface area contributed by atoms with Crippen molar-refractivity contribution in [3.63, 3.8) is 0 Å². The molecule has 1 N–H and O–H groups in total. The van der Waals surface area contributed by atoms with E-state index >= 15 is 0 Å². The number of aromatic nitrogens is 1. The molecule has 0 saturated carbocycles. The second-order valence-electron chi connectivity index (χ2n) is 4.59. The number of nitrogens with zero attached hydrogens (tertiary/aromatic N) is 3. The largest absolute Gasteiger partial charge is 0.365 e. The predicted octanol–water partition coefficient (Wildman–Crippen LogP) is 2.05. The van der Waals surface area contributed by atoms with E-state index in [-0.39, 0.29) is 11.5 Å². The number of carbonyl (C=O) groups is 1. The van der Waals surface area contributed by atoms with Gasteiger partial charge in [0.1, 0.15) is 5.78 Å². The summed E-state index contributed by atoms with van der Waals surface area (Å²) in [5, 5.41) is 13.6. The fourth-order valence-electron chi connectivity index (χ4n) is 1.81. The van der Waals surface area contributed by atoms with Gasteiger partial charge in [0.25, 0.3) is 5.69 Å². The smallest absolute Gasteiger partial charge is 0.286 e. The van der Waals surface area contributed by atoms with Gasteiger partial charge in [-0.05, 0) is 14.0 Å². The molecule has 1 rings (SSSR count). The topological polar surface area (TPSA) is 80.4 Å². The number of ketones is 1. The molecule has 0 aliphatic heterocycles. The van der Waals surface area contributed by atoms with E-state index in [1.807, 2.05) is 25.8 Å². The molecule has 22 heavy (non-hydrogen) atoms. The first-order valence-electron chi connectivity index (χ1n) is 7.31. The van der Waals surface area contributed by atoms with E-state index in [9.17, 15) is 14.9 Å². The molecule has 0 atom stereocenters. The second kappa shape index (κ2) is 10.6. The Bertz CT molecular complexity index is 497. The van der Waals surface area contributed by atoms with Gasteiger partial charge in [-0.3, -0.25) is 14.9 Å². The highest BCUT2D eigenvalue weighted by Crippen LogP contribution is 2.13. The van der Waals surface area contributed by atoms with Crippen molar-refractivity contribution in [1.29, 1.82) is 0 Å². The molecular weight excluding hydrogens is 284 g/mol. The first kappa shape index (κ1) is 19.9. The minimum Gasteiger partial charge on any atom is -0.365 e. The SMILES string of the molecule is C=C(Cn1ccc([N+](=O)[O-])c1)N(CCNC)CC(C)=O.CC. The Morgan fingerprint density at radius 2 is 2.14 bits per heavy atom. The summed E-state index contributed by atoms with van der Waals surface area (Å²) in [6, 6.07) is 1.44. The Hall–Kier alpha value is -2.15. The van der Waals surface area contributed by atoms with Crippen LogP contribution in [0.3, 0.4) is 0 Å². The molecule has 1 aromatic rings. The van der Waals surface area contributed by atoms with Crippen LogP contribution in [-0.2, 0) is 11.3 Å². The van der Waals surface area contributed by atoms with Gasteiger partial charge < -0.3 is 14.8 Å². The number of nitro groups is 1. The van der Waals surface area contributed by atoms with Crippen molar-refractivity contribution < 1.29 is 9.72 Å². The highest BCUT2D eigenvalue weighted by atomic mass is 16.6. The summed E-state index contributed by atoms with van der Waals surface area (Å²) < 4.78 is 1.69. The molecule has 0 radical (unpaired) electrons. The van der Waals surface area contributed by atoms with Gasteiger partial charge in [-0.15, -0.1) is 0 Å². The van der Waals surface area contributed by atoms with Crippen molar-refractivity contribution in [1.82, 2.24) is 14.8 Å². The summed E-state index contributed by atoms with van der Waals surface area (Å²) in [7, 11) is 1.84. The maximum absolute atomic E-state index is 11.3. The third-order valence-electron chi connectivity index (χ3n) is 2.80. The predicted molar refractivity (Wildman–Crippen MR) is 87.8 cm³/mol. The third kappa shape index (κ3) is 7.03. The maximum atomic E-state index is 11.3. The molecule has 0 fully saturated rings. The Kier molecular flexibility index (Phi) is 9.53. The summed E-state index contributed by atoms with van der Waals surface area (Å²) in [5.41, 5.74) is 0.798. The average Bonchev–Trinajstić information content (AvgIpc) is 2.94. The summed E-state index contributed by atoms with van der Waals surface area (Å²) in [5.74, 6) is 0.0562. The zero-order valence-electron chi connectivity index (χ0n) is 13.8. The van der Waals surface area contributed by atoms with Crippen LogP contribution in [0.4, 0.5) is 5.69 Å². The van der Waals surface area contributed by atoms with Crippen LogP contribution in [0.1, 0.15) is 20.8 Å². The minimum atomic E-state index is -0.437. The maximum Gasteiger partial charge on any atom is 0.286 e. The summed E-state index contributed by atoms with van der Waals surface area (Å²) in [6.45, 7) is 11.6. The Labute approximate surface area is 131 Å². The molecule has 0 amide bonds. The Morgan fingerprint density at radius 3 is 2.59 bits per heavy atom. The molecule has 124 valence electrons. The van der Waals surface area contributed by atoms with Gasteiger partial charge >= 0.3 is 0 Å². The number of carbonyl (C=O) groups excluding carboxylic acids is 1. The van der Waals surface area contributed by atoms with Gasteiger partial charge in [0.05, 0.1) is 24.2 Å². The molecular formula is C15H26N4O3. The molecule has 0 bridgehead atoms. The molecule has 0 aromatic carbocycles. The van der Waals surface area contributed by atoms with E-state index in [1.54, 1.807) is 10.8 Å². The quantitative estimate of drug-likeness (QED) is 0.558. The molecule has 0 saturated heterocycles. The zero-order valence-corrected chi connectivity index (χ0v) is 13.8. The monoisotopic (exact) mass is 310 g/mol.